The van der Waals surface area contributed by atoms with Crippen LogP contribution in [0, 0.1) is 44.3 Å². The van der Waals surface area contributed by atoms with Gasteiger partial charge in [-0.2, -0.15) is 0 Å². The van der Waals surface area contributed by atoms with Gasteiger partial charge >= 0.3 is 0 Å². The van der Waals surface area contributed by atoms with Crippen molar-refractivity contribution in [3.05, 3.63) is 23.3 Å². The molecule has 18 nitrogen and oxygen atoms in total. The van der Waals surface area contributed by atoms with Crippen molar-refractivity contribution in [3.8, 4) is 0 Å². The summed E-state index contributed by atoms with van der Waals surface area (Å²) >= 11 is 0. The molecule has 66 heavy (non-hydrogen) atoms. The Morgan fingerprint density at radius 3 is 1.95 bits per heavy atom. The van der Waals surface area contributed by atoms with Gasteiger partial charge in [0.15, 0.2) is 18.9 Å². The molecule has 6 fully saturated rings. The van der Waals surface area contributed by atoms with Crippen LogP contribution < -0.4 is 0 Å². The second kappa shape index (κ2) is 18.1. The predicted octanol–water partition coefficient (Wildman–Crippen LogP) is -0.495. The van der Waals surface area contributed by atoms with E-state index in [4.69, 9.17) is 28.4 Å². The van der Waals surface area contributed by atoms with Crippen LogP contribution in [0.25, 0.3) is 0 Å². The van der Waals surface area contributed by atoms with Crippen LogP contribution in [-0.4, -0.2) is 192 Å². The van der Waals surface area contributed by atoms with Gasteiger partial charge in [-0.3, -0.25) is 0 Å². The van der Waals surface area contributed by atoms with E-state index in [0.717, 1.165) is 32.1 Å². The van der Waals surface area contributed by atoms with Gasteiger partial charge in [-0.05, 0) is 91.9 Å². The number of fused-ring (bicyclic) bond motifs is 6. The lowest BCUT2D eigenvalue weighted by Gasteiger charge is -2.70. The first kappa shape index (κ1) is 51.1. The topological polar surface area (TPSA) is 298 Å². The number of hydrogen-bond acceptors (Lipinski definition) is 18. The minimum Gasteiger partial charge on any atom is -0.396 e. The van der Waals surface area contributed by atoms with E-state index >= 15 is 0 Å². The minimum absolute atomic E-state index is 0.0333. The zero-order chi connectivity index (χ0) is 48.3. The Labute approximate surface area is 387 Å². The first-order valence-electron chi connectivity index (χ1n) is 24.1. The Balaban J connectivity index is 1.06. The van der Waals surface area contributed by atoms with E-state index < -0.39 is 128 Å². The fraction of sp³-hybridized carbons (Fsp3) is 0.917. The van der Waals surface area contributed by atoms with E-state index in [-0.39, 0.29) is 46.7 Å². The molecule has 0 spiro atoms. The van der Waals surface area contributed by atoms with Crippen LogP contribution in [0.3, 0.4) is 0 Å². The molecule has 3 saturated carbocycles. The maximum absolute atomic E-state index is 12.1. The average molecular weight is 943 g/mol. The molecular weight excluding hydrogens is 865 g/mol. The largest absolute Gasteiger partial charge is 0.396 e. The molecule has 378 valence electrons. The van der Waals surface area contributed by atoms with E-state index in [2.05, 4.69) is 46.8 Å². The molecule has 0 amide bonds. The maximum atomic E-state index is 12.1. The molecule has 3 heterocycles. The fourth-order valence-corrected chi connectivity index (χ4v) is 14.4. The summed E-state index contributed by atoms with van der Waals surface area (Å²) in [5.41, 5.74) is -0.0774. The van der Waals surface area contributed by atoms with E-state index in [0.29, 0.717) is 19.3 Å². The number of aliphatic hydroxyl groups excluding tert-OH is 12. The standard InChI is InChI=1S/C48H78O18/c1-22-31(53)33(55)37(59)41(62-22)66-39-26(19-61-40-36(58)34(56)32(54)25(18-49)63-40)64-42(38(60)35(39)57)65-30-11-12-44(4)27(45(30,5)20-50)10-13-46(6)28(44)9-8-23-24-16-43(2,3)14-15-48(24,21-51)29(52)17-47(23,46)7/h8-9,22,25-42,49-60H,10-21H2,1-7H3/t22-,25-,26-,27?,28?,29?,30?,31+,32-,33-,34-,35+,36-,37-,38-,39-,40-,41+,42+,44?,45?,46?,47?,48?/m1/s1. The Hall–Kier alpha value is -1.24. The molecule has 3 saturated heterocycles. The van der Waals surface area contributed by atoms with Crippen LogP contribution in [0.5, 0.6) is 0 Å². The Morgan fingerprint density at radius 2 is 1.29 bits per heavy atom. The first-order chi connectivity index (χ1) is 30.9. The lowest BCUT2D eigenvalue weighted by atomic mass is 9.35. The van der Waals surface area contributed by atoms with Crippen molar-refractivity contribution in [1.29, 1.82) is 0 Å². The zero-order valence-corrected chi connectivity index (χ0v) is 39.4. The maximum Gasteiger partial charge on any atom is 0.187 e. The molecule has 0 aromatic heterocycles. The van der Waals surface area contributed by atoms with Crippen LogP contribution in [0.2, 0.25) is 0 Å². The number of aliphatic hydroxyl groups is 12. The van der Waals surface area contributed by atoms with Gasteiger partial charge in [-0.1, -0.05) is 59.3 Å². The van der Waals surface area contributed by atoms with Gasteiger partial charge in [0.25, 0.3) is 0 Å². The second-order valence-electron chi connectivity index (χ2n) is 23.1. The second-order valence-corrected chi connectivity index (χ2v) is 23.1. The van der Waals surface area contributed by atoms with E-state index in [1.165, 1.54) is 18.1 Å². The van der Waals surface area contributed by atoms with Crippen molar-refractivity contribution in [2.45, 2.75) is 204 Å². The lowest BCUT2D eigenvalue weighted by molar-refractivity contribution is -0.374. The number of rotatable bonds is 10. The summed E-state index contributed by atoms with van der Waals surface area (Å²) < 4.78 is 36.1. The minimum atomic E-state index is -1.81. The Kier molecular flexibility index (Phi) is 14.0. The molecule has 8 rings (SSSR count). The third-order valence-electron chi connectivity index (χ3n) is 18.9. The first-order valence-corrected chi connectivity index (χ1v) is 24.1. The zero-order valence-electron chi connectivity index (χ0n) is 39.4. The number of allylic oxidation sites excluding steroid dienone is 3. The van der Waals surface area contributed by atoms with Gasteiger partial charge in [-0.15, -0.1) is 0 Å². The molecule has 0 radical (unpaired) electrons. The summed E-state index contributed by atoms with van der Waals surface area (Å²) in [5, 5.41) is 131. The molecular formula is C48H78O18. The predicted molar refractivity (Wildman–Crippen MR) is 231 cm³/mol. The van der Waals surface area contributed by atoms with Gasteiger partial charge in [0.1, 0.15) is 67.1 Å². The number of hydrogen-bond donors (Lipinski definition) is 12. The van der Waals surface area contributed by atoms with Crippen molar-refractivity contribution in [2.75, 3.05) is 26.4 Å². The molecule has 8 aliphatic rings. The Morgan fingerprint density at radius 1 is 0.652 bits per heavy atom. The summed E-state index contributed by atoms with van der Waals surface area (Å²) in [6.45, 7) is 13.3. The van der Waals surface area contributed by atoms with Crippen molar-refractivity contribution in [3.63, 3.8) is 0 Å². The molecule has 5 aliphatic carbocycles. The van der Waals surface area contributed by atoms with Crippen LogP contribution in [0.4, 0.5) is 0 Å². The highest BCUT2D eigenvalue weighted by atomic mass is 16.8. The monoisotopic (exact) mass is 943 g/mol. The third kappa shape index (κ3) is 7.84. The molecule has 3 aliphatic heterocycles. The van der Waals surface area contributed by atoms with Crippen molar-refractivity contribution in [1.82, 2.24) is 0 Å². The highest BCUT2D eigenvalue weighted by molar-refractivity contribution is 5.47. The summed E-state index contributed by atoms with van der Waals surface area (Å²) in [4.78, 5) is 0. The highest BCUT2D eigenvalue weighted by Gasteiger charge is 2.69. The SMILES string of the molecule is C[C@H]1O[C@@H](O[C@H]2[C@@H](O)[C@@H](O)[C@H](OC3CCC4(C)C(CCC5(C)C4C=CC4=C6CC(C)(C)CCC6(CO)C(O)CC45C)C3(C)CO)O[C@@H]2CO[C@@H]2O[C@H](CO)[C@@H](O)[C@@H](O)[C@H]2O)[C@H](O)[C@H](O)[C@H]1O. The average Bonchev–Trinajstić information content (AvgIpc) is 3.27. The summed E-state index contributed by atoms with van der Waals surface area (Å²) in [6.07, 6.45) is -14.9. The van der Waals surface area contributed by atoms with E-state index in [1.807, 2.05) is 6.92 Å². The molecule has 24 atom stereocenters. The quantitative estimate of drug-likeness (QED) is 0.123. The van der Waals surface area contributed by atoms with Gasteiger partial charge in [0.05, 0.1) is 44.7 Å². The van der Waals surface area contributed by atoms with Crippen LogP contribution in [-0.2, 0) is 28.4 Å². The van der Waals surface area contributed by atoms with Gasteiger partial charge < -0.3 is 89.7 Å². The third-order valence-corrected chi connectivity index (χ3v) is 18.9. The van der Waals surface area contributed by atoms with Gasteiger partial charge in [-0.25, -0.2) is 0 Å². The normalized spacial score (nSPS) is 54.8. The molecule has 0 bridgehead atoms. The molecule has 0 aromatic rings. The summed E-state index contributed by atoms with van der Waals surface area (Å²) in [6, 6.07) is 0. The Bertz CT molecular complexity index is 1810. The van der Waals surface area contributed by atoms with Crippen molar-refractivity contribution in [2.24, 2.45) is 44.3 Å². The van der Waals surface area contributed by atoms with Gasteiger partial charge in [0, 0.05) is 16.2 Å². The van der Waals surface area contributed by atoms with Crippen LogP contribution in [0.15, 0.2) is 23.3 Å². The van der Waals surface area contributed by atoms with Crippen molar-refractivity contribution < 1.29 is 89.7 Å². The molecule has 12 N–H and O–H groups in total. The smallest absolute Gasteiger partial charge is 0.187 e. The van der Waals surface area contributed by atoms with Gasteiger partial charge in [0.2, 0.25) is 0 Å². The molecule has 18 heteroatoms. The molecule has 0 aromatic carbocycles. The number of ether oxygens (including phenoxy) is 6. The summed E-state index contributed by atoms with van der Waals surface area (Å²) in [5.74, 6) is -0.0380. The van der Waals surface area contributed by atoms with Crippen molar-refractivity contribution >= 4 is 0 Å². The highest BCUT2D eigenvalue weighted by Crippen LogP contribution is 2.74. The lowest BCUT2D eigenvalue weighted by Crippen LogP contribution is -2.67. The van der Waals surface area contributed by atoms with Crippen LogP contribution in [0.1, 0.15) is 99.8 Å². The fourth-order valence-electron chi connectivity index (χ4n) is 14.4. The molecule has 9 unspecified atom stereocenters. The summed E-state index contributed by atoms with van der Waals surface area (Å²) in [7, 11) is 0. The van der Waals surface area contributed by atoms with E-state index in [9.17, 15) is 61.3 Å². The van der Waals surface area contributed by atoms with Crippen LogP contribution >= 0.6 is 0 Å². The van der Waals surface area contributed by atoms with E-state index in [1.54, 1.807) is 0 Å².